The number of aromatic nitrogens is 2. The Morgan fingerprint density at radius 3 is 2.75 bits per heavy atom. The van der Waals surface area contributed by atoms with Gasteiger partial charge < -0.3 is 10.2 Å². The van der Waals surface area contributed by atoms with Gasteiger partial charge in [0.25, 0.3) is 0 Å². The van der Waals surface area contributed by atoms with Gasteiger partial charge in [-0.05, 0) is 42.5 Å². The molecule has 2 heterocycles. The molecule has 1 saturated heterocycles. The van der Waals surface area contributed by atoms with Crippen LogP contribution < -0.4 is 5.32 Å². The normalized spacial score (nSPS) is 20.9. The predicted octanol–water partition coefficient (Wildman–Crippen LogP) is 3.73. The molecule has 0 spiro atoms. The Morgan fingerprint density at radius 1 is 1.29 bits per heavy atom. The molecule has 1 aromatic carbocycles. The molecular formula is C22H28N4OS. The zero-order valence-corrected chi connectivity index (χ0v) is 17.7. The fourth-order valence-corrected chi connectivity index (χ4v) is 4.82. The first-order valence-electron chi connectivity index (χ1n) is 10.0. The molecule has 148 valence electrons. The zero-order chi connectivity index (χ0) is 19.9. The summed E-state index contributed by atoms with van der Waals surface area (Å²) >= 11 is 5.52. The SMILES string of the molecule is CNC(=S)N1CCC[C@H]1c1nn(Cc2ccccc2)c2c1C(=O)CC(C)(C)C2. The maximum absolute atomic E-state index is 13.2. The van der Waals surface area contributed by atoms with Crippen molar-refractivity contribution in [3.05, 3.63) is 52.8 Å². The van der Waals surface area contributed by atoms with Crippen LogP contribution in [0.5, 0.6) is 0 Å². The number of hydrogen-bond donors (Lipinski definition) is 1. The fraction of sp³-hybridized carbons (Fsp3) is 0.500. The van der Waals surface area contributed by atoms with Crippen LogP contribution in [-0.4, -0.2) is 39.2 Å². The molecule has 0 radical (unpaired) electrons. The summed E-state index contributed by atoms with van der Waals surface area (Å²) in [7, 11) is 1.86. The van der Waals surface area contributed by atoms with Crippen molar-refractivity contribution in [1.29, 1.82) is 0 Å². The minimum atomic E-state index is -0.0362. The number of thiocarbonyl (C=S) groups is 1. The van der Waals surface area contributed by atoms with Crippen molar-refractivity contribution < 1.29 is 4.79 Å². The summed E-state index contributed by atoms with van der Waals surface area (Å²) < 4.78 is 2.07. The van der Waals surface area contributed by atoms with Crippen LogP contribution in [0.2, 0.25) is 0 Å². The van der Waals surface area contributed by atoms with Gasteiger partial charge >= 0.3 is 0 Å². The lowest BCUT2D eigenvalue weighted by Crippen LogP contribution is -2.38. The lowest BCUT2D eigenvalue weighted by molar-refractivity contribution is 0.0908. The third kappa shape index (κ3) is 3.46. The van der Waals surface area contributed by atoms with Gasteiger partial charge in [0.1, 0.15) is 0 Å². The maximum Gasteiger partial charge on any atom is 0.169 e. The van der Waals surface area contributed by atoms with Gasteiger partial charge in [-0.15, -0.1) is 0 Å². The minimum absolute atomic E-state index is 0.0362. The van der Waals surface area contributed by atoms with E-state index in [4.69, 9.17) is 17.3 Å². The number of benzene rings is 1. The minimum Gasteiger partial charge on any atom is -0.366 e. The van der Waals surface area contributed by atoms with Gasteiger partial charge in [0.05, 0.1) is 29.5 Å². The second kappa shape index (κ2) is 7.32. The van der Waals surface area contributed by atoms with Gasteiger partial charge in [-0.1, -0.05) is 44.2 Å². The van der Waals surface area contributed by atoms with Crippen molar-refractivity contribution in [1.82, 2.24) is 20.0 Å². The van der Waals surface area contributed by atoms with Crippen molar-refractivity contribution in [2.75, 3.05) is 13.6 Å². The second-order valence-corrected chi connectivity index (χ2v) is 9.08. The molecule has 0 unspecified atom stereocenters. The molecular weight excluding hydrogens is 368 g/mol. The molecule has 1 aliphatic carbocycles. The van der Waals surface area contributed by atoms with E-state index in [0.717, 1.165) is 47.9 Å². The van der Waals surface area contributed by atoms with E-state index in [1.165, 1.54) is 5.56 Å². The monoisotopic (exact) mass is 396 g/mol. The van der Waals surface area contributed by atoms with E-state index in [-0.39, 0.29) is 17.2 Å². The number of carbonyl (C=O) groups excluding carboxylic acids is 1. The molecule has 1 aliphatic heterocycles. The Labute approximate surface area is 172 Å². The summed E-state index contributed by atoms with van der Waals surface area (Å²) in [6, 6.07) is 10.4. The van der Waals surface area contributed by atoms with Crippen molar-refractivity contribution in [3.8, 4) is 0 Å². The Kier molecular flexibility index (Phi) is 5.00. The highest BCUT2D eigenvalue weighted by Gasteiger charge is 2.40. The molecule has 2 aromatic rings. The Morgan fingerprint density at radius 2 is 2.04 bits per heavy atom. The third-order valence-electron chi connectivity index (χ3n) is 5.87. The van der Waals surface area contributed by atoms with E-state index in [2.05, 4.69) is 40.9 Å². The highest BCUT2D eigenvalue weighted by Crippen LogP contribution is 2.41. The molecule has 0 saturated carbocycles. The van der Waals surface area contributed by atoms with Gasteiger partial charge in [-0.2, -0.15) is 5.10 Å². The van der Waals surface area contributed by atoms with E-state index < -0.39 is 0 Å². The number of fused-ring (bicyclic) bond motifs is 1. The van der Waals surface area contributed by atoms with Gasteiger partial charge in [0.15, 0.2) is 10.9 Å². The highest BCUT2D eigenvalue weighted by molar-refractivity contribution is 7.80. The highest BCUT2D eigenvalue weighted by atomic mass is 32.1. The molecule has 1 aromatic heterocycles. The lowest BCUT2D eigenvalue weighted by Gasteiger charge is -2.30. The summed E-state index contributed by atoms with van der Waals surface area (Å²) in [5, 5.41) is 8.85. The quantitative estimate of drug-likeness (QED) is 0.801. The second-order valence-electron chi connectivity index (χ2n) is 8.70. The van der Waals surface area contributed by atoms with Gasteiger partial charge in [-0.25, -0.2) is 0 Å². The first kappa shape index (κ1) is 19.1. The number of ketones is 1. The summed E-state index contributed by atoms with van der Waals surface area (Å²) in [6.45, 7) is 5.94. The van der Waals surface area contributed by atoms with Crippen molar-refractivity contribution >= 4 is 23.1 Å². The van der Waals surface area contributed by atoms with Gasteiger partial charge in [0.2, 0.25) is 0 Å². The zero-order valence-electron chi connectivity index (χ0n) is 16.9. The molecule has 1 N–H and O–H groups in total. The standard InChI is InChI=1S/C22H28N4OS/c1-22(2)12-17-19(18(27)13-22)20(16-10-7-11-25(16)21(28)23-3)24-26(17)14-15-8-5-4-6-9-15/h4-6,8-9,16H,7,10-14H2,1-3H3,(H,23,28)/t16-/m0/s1. The summed E-state index contributed by atoms with van der Waals surface area (Å²) in [5.74, 6) is 0.225. The lowest BCUT2D eigenvalue weighted by atomic mass is 9.75. The van der Waals surface area contributed by atoms with E-state index in [1.54, 1.807) is 0 Å². The molecule has 1 atom stereocenters. The molecule has 2 aliphatic rings. The topological polar surface area (TPSA) is 50.2 Å². The van der Waals surface area contributed by atoms with Crippen molar-refractivity contribution in [2.24, 2.45) is 5.41 Å². The van der Waals surface area contributed by atoms with Crippen LogP contribution in [-0.2, 0) is 13.0 Å². The Hall–Kier alpha value is -2.21. The van der Waals surface area contributed by atoms with E-state index >= 15 is 0 Å². The molecule has 28 heavy (non-hydrogen) atoms. The third-order valence-corrected chi connectivity index (χ3v) is 6.31. The average molecular weight is 397 g/mol. The van der Waals surface area contributed by atoms with E-state index in [0.29, 0.717) is 13.0 Å². The largest absolute Gasteiger partial charge is 0.366 e. The predicted molar refractivity (Wildman–Crippen MR) is 115 cm³/mol. The van der Waals surface area contributed by atoms with Crippen LogP contribution >= 0.6 is 12.2 Å². The first-order chi connectivity index (χ1) is 13.4. The van der Waals surface area contributed by atoms with Crippen LogP contribution in [0, 0.1) is 5.41 Å². The van der Waals surface area contributed by atoms with Crippen LogP contribution in [0.3, 0.4) is 0 Å². The average Bonchev–Trinajstić information content (AvgIpc) is 3.26. The van der Waals surface area contributed by atoms with Crippen molar-refractivity contribution in [3.63, 3.8) is 0 Å². The first-order valence-corrected chi connectivity index (χ1v) is 10.5. The van der Waals surface area contributed by atoms with Crippen molar-refractivity contribution in [2.45, 2.75) is 52.1 Å². The van der Waals surface area contributed by atoms with Crippen LogP contribution in [0.25, 0.3) is 0 Å². The molecule has 1 fully saturated rings. The molecule has 5 nitrogen and oxygen atoms in total. The number of hydrogen-bond acceptors (Lipinski definition) is 3. The van der Waals surface area contributed by atoms with Gasteiger partial charge in [-0.3, -0.25) is 9.48 Å². The molecule has 4 rings (SSSR count). The number of rotatable bonds is 3. The molecule has 0 amide bonds. The fourth-order valence-electron chi connectivity index (χ4n) is 4.60. The molecule has 6 heteroatoms. The van der Waals surface area contributed by atoms with Gasteiger partial charge in [0, 0.05) is 20.0 Å². The summed E-state index contributed by atoms with van der Waals surface area (Å²) in [5.41, 5.74) is 4.02. The van der Waals surface area contributed by atoms with Crippen LogP contribution in [0.4, 0.5) is 0 Å². The Bertz CT molecular complexity index is 903. The number of Topliss-reactive ketones (excluding diaryl/α,β-unsaturated/α-hetero) is 1. The smallest absolute Gasteiger partial charge is 0.169 e. The summed E-state index contributed by atoms with van der Waals surface area (Å²) in [6.07, 6.45) is 3.49. The van der Waals surface area contributed by atoms with Crippen LogP contribution in [0.15, 0.2) is 30.3 Å². The van der Waals surface area contributed by atoms with E-state index in [1.807, 2.05) is 25.2 Å². The number of nitrogens with one attached hydrogen (secondary N) is 1. The number of likely N-dealkylation sites (tertiary alicyclic amines) is 1. The van der Waals surface area contributed by atoms with Crippen LogP contribution in [0.1, 0.15) is 66.5 Å². The van der Waals surface area contributed by atoms with E-state index in [9.17, 15) is 4.79 Å². The number of carbonyl (C=O) groups is 1. The maximum atomic E-state index is 13.2. The summed E-state index contributed by atoms with van der Waals surface area (Å²) in [4.78, 5) is 15.4. The molecule has 0 bridgehead atoms. The number of nitrogens with zero attached hydrogens (tertiary/aromatic N) is 3. The Balaban J connectivity index is 1.79.